The molecule has 1 aromatic carbocycles. The highest BCUT2D eigenvalue weighted by Gasteiger charge is 2.34. The molecule has 0 spiro atoms. The third-order valence-corrected chi connectivity index (χ3v) is 5.56. The largest absolute Gasteiger partial charge is 0.311 e. The van der Waals surface area contributed by atoms with Gasteiger partial charge in [0.25, 0.3) is 0 Å². The summed E-state index contributed by atoms with van der Waals surface area (Å²) in [7, 11) is 0. The SMILES string of the molecule is CCC1CNC(C(C)C)CN1C1CCc2ccccc2C1. The summed E-state index contributed by atoms with van der Waals surface area (Å²) >= 11 is 0. The van der Waals surface area contributed by atoms with Crippen LogP contribution in [0.2, 0.25) is 0 Å². The lowest BCUT2D eigenvalue weighted by molar-refractivity contribution is 0.0603. The molecule has 21 heavy (non-hydrogen) atoms. The third kappa shape index (κ3) is 3.17. The first-order valence-corrected chi connectivity index (χ1v) is 8.75. The van der Waals surface area contributed by atoms with Gasteiger partial charge in [0.15, 0.2) is 0 Å². The molecule has 2 nitrogen and oxygen atoms in total. The first-order chi connectivity index (χ1) is 10.2. The summed E-state index contributed by atoms with van der Waals surface area (Å²) in [5, 5.41) is 3.77. The second kappa shape index (κ2) is 6.50. The van der Waals surface area contributed by atoms with E-state index < -0.39 is 0 Å². The van der Waals surface area contributed by atoms with E-state index in [2.05, 4.69) is 55.3 Å². The molecule has 0 saturated carbocycles. The number of nitrogens with zero attached hydrogens (tertiary/aromatic N) is 1. The van der Waals surface area contributed by atoms with E-state index in [1.165, 1.54) is 32.2 Å². The van der Waals surface area contributed by atoms with Gasteiger partial charge in [-0.25, -0.2) is 0 Å². The molecular formula is C19H30N2. The second-order valence-electron chi connectivity index (χ2n) is 7.18. The van der Waals surface area contributed by atoms with Crippen molar-refractivity contribution in [3.8, 4) is 0 Å². The van der Waals surface area contributed by atoms with E-state index in [-0.39, 0.29) is 0 Å². The molecule has 3 atom stereocenters. The van der Waals surface area contributed by atoms with Crippen LogP contribution in [0, 0.1) is 5.92 Å². The summed E-state index contributed by atoms with van der Waals surface area (Å²) < 4.78 is 0. The summed E-state index contributed by atoms with van der Waals surface area (Å²) in [6, 6.07) is 11.2. The number of hydrogen-bond acceptors (Lipinski definition) is 2. The molecule has 1 fully saturated rings. The number of benzene rings is 1. The standard InChI is InChI=1S/C19H30N2/c1-4-17-12-20-19(14(2)3)13-21(17)18-10-9-15-7-5-6-8-16(15)11-18/h5-8,14,17-20H,4,9-13H2,1-3H3. The molecule has 0 amide bonds. The lowest BCUT2D eigenvalue weighted by Gasteiger charge is -2.47. The summed E-state index contributed by atoms with van der Waals surface area (Å²) in [6.45, 7) is 9.42. The van der Waals surface area contributed by atoms with Crippen LogP contribution >= 0.6 is 0 Å². The van der Waals surface area contributed by atoms with Gasteiger partial charge >= 0.3 is 0 Å². The van der Waals surface area contributed by atoms with Gasteiger partial charge < -0.3 is 5.32 Å². The van der Waals surface area contributed by atoms with Crippen LogP contribution in [-0.4, -0.2) is 36.1 Å². The van der Waals surface area contributed by atoms with Gasteiger partial charge in [0.1, 0.15) is 0 Å². The fraction of sp³-hybridized carbons (Fsp3) is 0.684. The minimum absolute atomic E-state index is 0.657. The monoisotopic (exact) mass is 286 g/mol. The lowest BCUT2D eigenvalue weighted by atomic mass is 9.85. The molecule has 3 unspecified atom stereocenters. The number of aryl methyl sites for hydroxylation is 1. The molecule has 0 bridgehead atoms. The van der Waals surface area contributed by atoms with Gasteiger partial charge in [0, 0.05) is 31.2 Å². The zero-order valence-corrected chi connectivity index (χ0v) is 13.8. The normalized spacial score (nSPS) is 30.4. The summed E-state index contributed by atoms with van der Waals surface area (Å²) in [5.41, 5.74) is 3.17. The summed E-state index contributed by atoms with van der Waals surface area (Å²) in [5.74, 6) is 0.723. The first-order valence-electron chi connectivity index (χ1n) is 8.75. The highest BCUT2D eigenvalue weighted by atomic mass is 15.3. The Bertz CT molecular complexity index is 468. The minimum Gasteiger partial charge on any atom is -0.311 e. The van der Waals surface area contributed by atoms with Gasteiger partial charge in [0.2, 0.25) is 0 Å². The molecule has 2 heteroatoms. The molecule has 1 aliphatic carbocycles. The minimum atomic E-state index is 0.657. The van der Waals surface area contributed by atoms with Gasteiger partial charge in [-0.15, -0.1) is 0 Å². The van der Waals surface area contributed by atoms with Crippen molar-refractivity contribution in [1.82, 2.24) is 10.2 Å². The van der Waals surface area contributed by atoms with Crippen molar-refractivity contribution >= 4 is 0 Å². The van der Waals surface area contributed by atoms with Crippen molar-refractivity contribution in [3.63, 3.8) is 0 Å². The van der Waals surface area contributed by atoms with Crippen molar-refractivity contribution in [1.29, 1.82) is 0 Å². The van der Waals surface area contributed by atoms with Gasteiger partial charge in [0.05, 0.1) is 0 Å². The highest BCUT2D eigenvalue weighted by molar-refractivity contribution is 5.30. The Balaban J connectivity index is 1.75. The Morgan fingerprint density at radius 3 is 2.71 bits per heavy atom. The first kappa shape index (κ1) is 15.1. The Morgan fingerprint density at radius 2 is 2.00 bits per heavy atom. The predicted molar refractivity (Wildman–Crippen MR) is 89.7 cm³/mol. The smallest absolute Gasteiger partial charge is 0.0221 e. The number of nitrogens with one attached hydrogen (secondary N) is 1. The fourth-order valence-electron chi connectivity index (χ4n) is 4.08. The maximum absolute atomic E-state index is 3.77. The molecule has 1 saturated heterocycles. The number of fused-ring (bicyclic) bond motifs is 1. The topological polar surface area (TPSA) is 15.3 Å². The van der Waals surface area contributed by atoms with E-state index in [4.69, 9.17) is 0 Å². The second-order valence-corrected chi connectivity index (χ2v) is 7.18. The van der Waals surface area contributed by atoms with Crippen molar-refractivity contribution < 1.29 is 0 Å². The van der Waals surface area contributed by atoms with Crippen molar-refractivity contribution in [3.05, 3.63) is 35.4 Å². The molecule has 3 rings (SSSR count). The van der Waals surface area contributed by atoms with E-state index in [1.807, 2.05) is 0 Å². The van der Waals surface area contributed by atoms with E-state index in [0.717, 1.165) is 24.5 Å². The quantitative estimate of drug-likeness (QED) is 0.917. The molecule has 1 aliphatic heterocycles. The molecule has 1 N–H and O–H groups in total. The summed E-state index contributed by atoms with van der Waals surface area (Å²) in [6.07, 6.45) is 5.10. The van der Waals surface area contributed by atoms with Gasteiger partial charge in [-0.05, 0) is 42.7 Å². The van der Waals surface area contributed by atoms with Crippen LogP contribution in [0.25, 0.3) is 0 Å². The lowest BCUT2D eigenvalue weighted by Crippen LogP contribution is -2.61. The summed E-state index contributed by atoms with van der Waals surface area (Å²) in [4.78, 5) is 2.83. The maximum Gasteiger partial charge on any atom is 0.0221 e. The Kier molecular flexibility index (Phi) is 4.66. The maximum atomic E-state index is 3.77. The van der Waals surface area contributed by atoms with Gasteiger partial charge in [-0.3, -0.25) is 4.90 Å². The van der Waals surface area contributed by atoms with Crippen LogP contribution in [0.15, 0.2) is 24.3 Å². The van der Waals surface area contributed by atoms with E-state index in [1.54, 1.807) is 11.1 Å². The van der Waals surface area contributed by atoms with E-state index in [0.29, 0.717) is 6.04 Å². The van der Waals surface area contributed by atoms with E-state index in [9.17, 15) is 0 Å². The van der Waals surface area contributed by atoms with Crippen LogP contribution in [0.4, 0.5) is 0 Å². The van der Waals surface area contributed by atoms with Crippen LogP contribution < -0.4 is 5.32 Å². The van der Waals surface area contributed by atoms with Crippen molar-refractivity contribution in [2.45, 2.75) is 64.6 Å². The molecule has 2 aliphatic rings. The van der Waals surface area contributed by atoms with Crippen LogP contribution in [-0.2, 0) is 12.8 Å². The van der Waals surface area contributed by atoms with Crippen molar-refractivity contribution in [2.24, 2.45) is 5.92 Å². The van der Waals surface area contributed by atoms with Gasteiger partial charge in [-0.2, -0.15) is 0 Å². The molecule has 116 valence electrons. The van der Waals surface area contributed by atoms with Crippen LogP contribution in [0.3, 0.4) is 0 Å². The zero-order chi connectivity index (χ0) is 14.8. The average Bonchev–Trinajstić information content (AvgIpc) is 2.53. The molecule has 0 radical (unpaired) electrons. The zero-order valence-electron chi connectivity index (χ0n) is 13.8. The number of hydrogen-bond donors (Lipinski definition) is 1. The van der Waals surface area contributed by atoms with Crippen LogP contribution in [0.5, 0.6) is 0 Å². The Morgan fingerprint density at radius 1 is 1.24 bits per heavy atom. The molecular weight excluding hydrogens is 256 g/mol. The number of piperazine rings is 1. The third-order valence-electron chi connectivity index (χ3n) is 5.56. The Labute approximate surface area is 129 Å². The van der Waals surface area contributed by atoms with Gasteiger partial charge in [-0.1, -0.05) is 45.0 Å². The Hall–Kier alpha value is -0.860. The number of rotatable bonds is 3. The van der Waals surface area contributed by atoms with Crippen molar-refractivity contribution in [2.75, 3.05) is 13.1 Å². The molecule has 1 heterocycles. The highest BCUT2D eigenvalue weighted by Crippen LogP contribution is 2.28. The van der Waals surface area contributed by atoms with Crippen LogP contribution in [0.1, 0.15) is 44.7 Å². The molecule has 0 aromatic heterocycles. The molecule has 1 aromatic rings. The van der Waals surface area contributed by atoms with E-state index >= 15 is 0 Å². The fourth-order valence-corrected chi connectivity index (χ4v) is 4.08. The average molecular weight is 286 g/mol. The predicted octanol–water partition coefficient (Wildman–Crippen LogP) is 3.25.